The van der Waals surface area contributed by atoms with E-state index >= 15 is 0 Å². The summed E-state index contributed by atoms with van der Waals surface area (Å²) in [6.07, 6.45) is -1.52. The van der Waals surface area contributed by atoms with Gasteiger partial charge in [0, 0.05) is 5.56 Å². The molecule has 0 fully saturated rings. The molecule has 1 heterocycles. The molecule has 0 unspecified atom stereocenters. The Morgan fingerprint density at radius 2 is 1.67 bits per heavy atom. The molecule has 21 heavy (non-hydrogen) atoms. The average molecular weight is 284 g/mol. The molecule has 0 N–H and O–H groups in total. The summed E-state index contributed by atoms with van der Waals surface area (Å²) >= 11 is 0. The summed E-state index contributed by atoms with van der Waals surface area (Å²) in [5, 5.41) is 14.0. The lowest BCUT2D eigenvalue weighted by molar-refractivity contribution is -0.765. The maximum absolute atomic E-state index is 10.8. The molecule has 0 amide bonds. The van der Waals surface area contributed by atoms with Gasteiger partial charge in [-0.15, -0.1) is 10.1 Å². The Morgan fingerprint density at radius 3 is 2.29 bits per heavy atom. The van der Waals surface area contributed by atoms with Crippen molar-refractivity contribution in [1.29, 1.82) is 0 Å². The van der Waals surface area contributed by atoms with Crippen LogP contribution in [0.1, 0.15) is 17.2 Å². The first-order valence-corrected chi connectivity index (χ1v) is 6.41. The third-order valence-corrected chi connectivity index (χ3v) is 3.21. The van der Waals surface area contributed by atoms with Crippen LogP contribution in [-0.4, -0.2) is 16.9 Å². The van der Waals surface area contributed by atoms with Gasteiger partial charge in [0.2, 0.25) is 0 Å². The summed E-state index contributed by atoms with van der Waals surface area (Å²) in [7, 11) is 0. The second-order valence-electron chi connectivity index (χ2n) is 4.53. The van der Waals surface area contributed by atoms with Crippen molar-refractivity contribution in [2.75, 3.05) is 0 Å². The summed E-state index contributed by atoms with van der Waals surface area (Å²) in [5.74, 6) is 0. The fraction of sp³-hybridized carbons (Fsp3) is 0.133. The topological polar surface area (TPSA) is 74.0 Å². The van der Waals surface area contributed by atoms with Gasteiger partial charge in [0.25, 0.3) is 5.09 Å². The van der Waals surface area contributed by atoms with E-state index in [1.54, 1.807) is 0 Å². The van der Waals surface area contributed by atoms with Crippen molar-refractivity contribution in [3.63, 3.8) is 0 Å². The van der Waals surface area contributed by atoms with Gasteiger partial charge in [0.15, 0.2) is 12.2 Å². The normalized spacial score (nSPS) is 20.5. The smallest absolute Gasteiger partial charge is 0.295 e. The zero-order valence-electron chi connectivity index (χ0n) is 11.0. The number of hydrogen-bond donors (Lipinski definition) is 0. The molecule has 0 aromatic heterocycles. The number of hydrogen-bond acceptors (Lipinski definition) is 5. The molecule has 2 aromatic carbocycles. The van der Waals surface area contributed by atoms with Gasteiger partial charge in [-0.2, -0.15) is 0 Å². The zero-order chi connectivity index (χ0) is 14.7. The minimum atomic E-state index is -0.884. The van der Waals surface area contributed by atoms with Gasteiger partial charge in [-0.05, 0) is 5.56 Å². The van der Waals surface area contributed by atoms with Crippen molar-refractivity contribution in [3.8, 4) is 0 Å². The van der Waals surface area contributed by atoms with E-state index in [1.165, 1.54) is 0 Å². The lowest BCUT2D eigenvalue weighted by Gasteiger charge is -2.17. The Bertz CT molecular complexity index is 658. The van der Waals surface area contributed by atoms with E-state index in [-0.39, 0.29) is 0 Å². The van der Waals surface area contributed by atoms with E-state index in [4.69, 9.17) is 9.68 Å². The molecule has 3 rings (SSSR count). The Morgan fingerprint density at radius 1 is 1.05 bits per heavy atom. The highest BCUT2D eigenvalue weighted by Gasteiger charge is 2.39. The Labute approximate surface area is 120 Å². The largest absolute Gasteiger partial charge is 0.384 e. The quantitative estimate of drug-likeness (QED) is 0.639. The second kappa shape index (κ2) is 5.62. The van der Waals surface area contributed by atoms with Crippen LogP contribution in [0.3, 0.4) is 0 Å². The molecule has 2 atom stereocenters. The van der Waals surface area contributed by atoms with Gasteiger partial charge in [-0.1, -0.05) is 65.8 Å². The maximum Gasteiger partial charge on any atom is 0.295 e. The molecule has 6 heteroatoms. The minimum absolute atomic E-state index is 0.418. The Hall–Kier alpha value is -2.89. The van der Waals surface area contributed by atoms with Gasteiger partial charge in [0.1, 0.15) is 5.71 Å². The molecule has 0 aliphatic carbocycles. The molecule has 0 bridgehead atoms. The highest BCUT2D eigenvalue weighted by molar-refractivity contribution is 6.04. The number of rotatable bonds is 4. The lowest BCUT2D eigenvalue weighted by atomic mass is 9.97. The summed E-state index contributed by atoms with van der Waals surface area (Å²) in [5.41, 5.74) is 1.93. The van der Waals surface area contributed by atoms with Crippen LogP contribution in [0, 0.1) is 10.1 Å². The van der Waals surface area contributed by atoms with Gasteiger partial charge in [0.05, 0.1) is 0 Å². The van der Waals surface area contributed by atoms with Crippen LogP contribution in [0.15, 0.2) is 65.8 Å². The van der Waals surface area contributed by atoms with Crippen LogP contribution in [-0.2, 0) is 9.68 Å². The van der Waals surface area contributed by atoms with E-state index in [0.29, 0.717) is 5.71 Å². The zero-order valence-corrected chi connectivity index (χ0v) is 11.0. The first-order valence-electron chi connectivity index (χ1n) is 6.41. The summed E-state index contributed by atoms with van der Waals surface area (Å²) in [6.45, 7) is 0. The lowest BCUT2D eigenvalue weighted by Crippen LogP contribution is -2.30. The molecule has 0 saturated carbocycles. The Balaban J connectivity index is 1.93. The average Bonchev–Trinajstić information content (AvgIpc) is 2.92. The first kappa shape index (κ1) is 13.1. The maximum atomic E-state index is 10.8. The third kappa shape index (κ3) is 2.69. The Kier molecular flexibility index (Phi) is 3.51. The molecule has 1 aliphatic rings. The predicted octanol–water partition coefficient (Wildman–Crippen LogP) is 2.74. The van der Waals surface area contributed by atoms with Crippen LogP contribution in [0.25, 0.3) is 0 Å². The molecule has 0 saturated heterocycles. The number of benzene rings is 2. The molecule has 0 spiro atoms. The van der Waals surface area contributed by atoms with E-state index in [2.05, 4.69) is 5.16 Å². The van der Waals surface area contributed by atoms with Crippen molar-refractivity contribution >= 4 is 5.71 Å². The number of nitrogens with zero attached hydrogens (tertiary/aromatic N) is 2. The molecule has 0 radical (unpaired) electrons. The van der Waals surface area contributed by atoms with E-state index < -0.39 is 17.3 Å². The van der Waals surface area contributed by atoms with Crippen LogP contribution >= 0.6 is 0 Å². The van der Waals surface area contributed by atoms with Gasteiger partial charge in [-0.3, -0.25) is 4.84 Å². The monoisotopic (exact) mass is 284 g/mol. The van der Waals surface area contributed by atoms with Crippen molar-refractivity contribution in [2.24, 2.45) is 5.16 Å². The van der Waals surface area contributed by atoms with Crippen molar-refractivity contribution in [1.82, 2.24) is 0 Å². The molecular formula is C15H12N2O4. The molecule has 6 nitrogen and oxygen atoms in total. The highest BCUT2D eigenvalue weighted by Crippen LogP contribution is 2.32. The van der Waals surface area contributed by atoms with E-state index in [9.17, 15) is 10.1 Å². The summed E-state index contributed by atoms with van der Waals surface area (Å²) < 4.78 is 0. The van der Waals surface area contributed by atoms with Crippen LogP contribution < -0.4 is 0 Å². The fourth-order valence-corrected chi connectivity index (χ4v) is 2.27. The second-order valence-corrected chi connectivity index (χ2v) is 4.53. The number of oxime groups is 1. The van der Waals surface area contributed by atoms with Crippen LogP contribution in [0.4, 0.5) is 0 Å². The van der Waals surface area contributed by atoms with Gasteiger partial charge in [-0.25, -0.2) is 0 Å². The molecule has 106 valence electrons. The first-order chi connectivity index (χ1) is 10.3. The third-order valence-electron chi connectivity index (χ3n) is 3.21. The minimum Gasteiger partial charge on any atom is -0.384 e. The highest BCUT2D eigenvalue weighted by atomic mass is 17.0. The fourth-order valence-electron chi connectivity index (χ4n) is 2.27. The molecular weight excluding hydrogens is 272 g/mol. The van der Waals surface area contributed by atoms with Crippen molar-refractivity contribution in [2.45, 2.75) is 12.2 Å². The van der Waals surface area contributed by atoms with E-state index in [1.807, 2.05) is 60.7 Å². The van der Waals surface area contributed by atoms with E-state index in [0.717, 1.165) is 11.1 Å². The van der Waals surface area contributed by atoms with Crippen molar-refractivity contribution < 1.29 is 14.8 Å². The van der Waals surface area contributed by atoms with Gasteiger partial charge < -0.3 is 4.84 Å². The summed E-state index contributed by atoms with van der Waals surface area (Å²) in [4.78, 5) is 21.0. The molecule has 2 aromatic rings. The van der Waals surface area contributed by atoms with Crippen molar-refractivity contribution in [3.05, 3.63) is 81.9 Å². The summed E-state index contributed by atoms with van der Waals surface area (Å²) in [6, 6.07) is 18.3. The van der Waals surface area contributed by atoms with Crippen LogP contribution in [0.2, 0.25) is 0 Å². The predicted molar refractivity (Wildman–Crippen MR) is 75.1 cm³/mol. The molecule has 1 aliphatic heterocycles. The van der Waals surface area contributed by atoms with Crippen LogP contribution in [0.5, 0.6) is 0 Å². The SMILES string of the molecule is O=[N+]([O-])O[C@H]1C(c2ccccc2)=NO[C@H]1c1ccccc1. The van der Waals surface area contributed by atoms with Gasteiger partial charge >= 0.3 is 0 Å². The standard InChI is InChI=1S/C15H12N2O4/c18-17(19)21-15-13(11-7-3-1-4-8-11)16-20-14(15)12-9-5-2-6-10-12/h1-10,14-15H/t14-,15-/m0/s1.